The van der Waals surface area contributed by atoms with Crippen LogP contribution in [0.1, 0.15) is 6.42 Å². The maximum Gasteiger partial charge on any atom is 0.321 e. The van der Waals surface area contributed by atoms with Gasteiger partial charge in [-0.05, 0) is 0 Å². The van der Waals surface area contributed by atoms with E-state index in [4.69, 9.17) is 16.1 Å². The summed E-state index contributed by atoms with van der Waals surface area (Å²) >= 11 is 0. The third kappa shape index (κ3) is 2.16. The van der Waals surface area contributed by atoms with Crippen LogP contribution in [0.5, 0.6) is 0 Å². The Balaban J connectivity index is 3.52. The van der Waals surface area contributed by atoms with E-state index in [1.165, 1.54) is 0 Å². The molecule has 8 heavy (non-hydrogen) atoms. The Kier molecular flexibility index (Phi) is 2.59. The largest absolute Gasteiger partial charge is 0.480 e. The van der Waals surface area contributed by atoms with Crippen molar-refractivity contribution in [3.05, 3.63) is 0 Å². The number of aliphatic carboxylic acids is 1. The normalized spacial score (nSPS) is 12.0. The minimum absolute atomic E-state index is 0.130. The third-order valence-corrected chi connectivity index (χ3v) is 0.628. The highest BCUT2D eigenvalue weighted by Gasteiger charge is 2.08. The number of carboxylic acid groups (broad SMARTS) is 1. The Bertz CT molecular complexity index is 126. The second kappa shape index (κ2) is 2.99. The van der Waals surface area contributed by atoms with Crippen molar-refractivity contribution in [2.75, 3.05) is 0 Å². The topological polar surface area (TPSA) is 87.1 Å². The quantitative estimate of drug-likeness (QED) is 0.497. The Morgan fingerprint density at radius 1 is 2.00 bits per heavy atom. The zero-order valence-electron chi connectivity index (χ0n) is 4.16. The number of hydrogen-bond donors (Lipinski definition) is 2. The lowest BCUT2D eigenvalue weighted by Crippen LogP contribution is -2.29. The van der Waals surface area contributed by atoms with Crippen LogP contribution in [0.2, 0.25) is 0 Å². The fourth-order valence-corrected chi connectivity index (χ4v) is 0.186. The molecule has 0 bridgehead atoms. The van der Waals surface area contributed by atoms with Crippen LogP contribution < -0.4 is 5.73 Å². The van der Waals surface area contributed by atoms with Crippen molar-refractivity contribution in [3.8, 4) is 6.07 Å². The van der Waals surface area contributed by atoms with Gasteiger partial charge in [0.25, 0.3) is 0 Å². The first kappa shape index (κ1) is 6.92. The number of nitriles is 1. The van der Waals surface area contributed by atoms with Gasteiger partial charge in [0.2, 0.25) is 0 Å². The highest BCUT2D eigenvalue weighted by Crippen LogP contribution is 1.82. The molecule has 1 unspecified atom stereocenters. The lowest BCUT2D eigenvalue weighted by molar-refractivity contribution is -0.138. The SMILES string of the molecule is N#CCC(N)C(=O)O. The second-order valence-corrected chi connectivity index (χ2v) is 1.31. The molecule has 0 fully saturated rings. The van der Waals surface area contributed by atoms with Gasteiger partial charge in [-0.25, -0.2) is 0 Å². The number of hydrogen-bond acceptors (Lipinski definition) is 3. The van der Waals surface area contributed by atoms with E-state index in [0.717, 1.165) is 0 Å². The van der Waals surface area contributed by atoms with Crippen LogP contribution in [0.15, 0.2) is 0 Å². The first-order valence-corrected chi connectivity index (χ1v) is 2.04. The maximum absolute atomic E-state index is 9.81. The summed E-state index contributed by atoms with van der Waals surface area (Å²) in [6.07, 6.45) is -0.130. The van der Waals surface area contributed by atoms with Crippen LogP contribution >= 0.6 is 0 Å². The van der Waals surface area contributed by atoms with Crippen LogP contribution in [-0.4, -0.2) is 17.1 Å². The highest BCUT2D eigenvalue weighted by molar-refractivity contribution is 5.73. The van der Waals surface area contributed by atoms with Gasteiger partial charge in [0.15, 0.2) is 0 Å². The molecule has 0 amide bonds. The Hall–Kier alpha value is -1.08. The summed E-state index contributed by atoms with van der Waals surface area (Å²) in [7, 11) is 0. The van der Waals surface area contributed by atoms with Gasteiger partial charge < -0.3 is 10.8 Å². The van der Waals surface area contributed by atoms with Crippen molar-refractivity contribution >= 4 is 5.97 Å². The minimum atomic E-state index is -1.13. The molecule has 0 radical (unpaired) electrons. The van der Waals surface area contributed by atoms with Crippen LogP contribution in [-0.2, 0) is 4.79 Å². The van der Waals surface area contributed by atoms with E-state index in [1.807, 2.05) is 0 Å². The van der Waals surface area contributed by atoms with Gasteiger partial charge in [-0.15, -0.1) is 0 Å². The van der Waals surface area contributed by atoms with Crippen molar-refractivity contribution < 1.29 is 9.90 Å². The minimum Gasteiger partial charge on any atom is -0.480 e. The second-order valence-electron chi connectivity index (χ2n) is 1.31. The lowest BCUT2D eigenvalue weighted by Gasteiger charge is -1.95. The number of carboxylic acids is 1. The highest BCUT2D eigenvalue weighted by atomic mass is 16.4. The molecule has 0 aromatic rings. The van der Waals surface area contributed by atoms with Crippen molar-refractivity contribution in [2.24, 2.45) is 5.73 Å². The van der Waals surface area contributed by atoms with E-state index in [9.17, 15) is 4.79 Å². The van der Waals surface area contributed by atoms with Gasteiger partial charge >= 0.3 is 5.97 Å². The summed E-state index contributed by atoms with van der Waals surface area (Å²) in [6, 6.07) is 0.615. The first-order chi connectivity index (χ1) is 3.68. The molecule has 0 saturated carbocycles. The predicted molar refractivity (Wildman–Crippen MR) is 25.8 cm³/mol. The number of nitrogens with zero attached hydrogens (tertiary/aromatic N) is 1. The zero-order valence-corrected chi connectivity index (χ0v) is 4.16. The van der Waals surface area contributed by atoms with Gasteiger partial charge in [0, 0.05) is 0 Å². The van der Waals surface area contributed by atoms with E-state index in [2.05, 4.69) is 0 Å². The molecule has 4 heteroatoms. The van der Waals surface area contributed by atoms with Crippen LogP contribution in [0.25, 0.3) is 0 Å². The van der Waals surface area contributed by atoms with E-state index >= 15 is 0 Å². The molecule has 44 valence electrons. The molecule has 0 aromatic heterocycles. The number of rotatable bonds is 2. The summed E-state index contributed by atoms with van der Waals surface area (Å²) in [5.41, 5.74) is 4.90. The lowest BCUT2D eigenvalue weighted by atomic mass is 10.2. The average Bonchev–Trinajstić information content (AvgIpc) is 1.67. The summed E-state index contributed by atoms with van der Waals surface area (Å²) < 4.78 is 0. The van der Waals surface area contributed by atoms with E-state index in [0.29, 0.717) is 0 Å². The summed E-state index contributed by atoms with van der Waals surface area (Å²) in [5.74, 6) is -1.13. The fraction of sp³-hybridized carbons (Fsp3) is 0.500. The Labute approximate surface area is 46.5 Å². The molecule has 0 aliphatic rings. The summed E-state index contributed by atoms with van der Waals surface area (Å²) in [6.45, 7) is 0. The molecule has 0 rings (SSSR count). The van der Waals surface area contributed by atoms with Crippen molar-refractivity contribution in [1.82, 2.24) is 0 Å². The molecular weight excluding hydrogens is 108 g/mol. The molecule has 0 aromatic carbocycles. The summed E-state index contributed by atoms with van der Waals surface area (Å²) in [4.78, 5) is 9.81. The third-order valence-electron chi connectivity index (χ3n) is 0.628. The molecule has 0 heterocycles. The first-order valence-electron chi connectivity index (χ1n) is 2.04. The smallest absolute Gasteiger partial charge is 0.321 e. The molecule has 0 saturated heterocycles. The van der Waals surface area contributed by atoms with Crippen molar-refractivity contribution in [2.45, 2.75) is 12.5 Å². The Morgan fingerprint density at radius 3 is 2.62 bits per heavy atom. The monoisotopic (exact) mass is 114 g/mol. The van der Waals surface area contributed by atoms with Crippen molar-refractivity contribution in [1.29, 1.82) is 5.26 Å². The van der Waals surface area contributed by atoms with Crippen LogP contribution in [0.4, 0.5) is 0 Å². The summed E-state index contributed by atoms with van der Waals surface area (Å²) in [5, 5.41) is 15.9. The van der Waals surface area contributed by atoms with Crippen molar-refractivity contribution in [3.63, 3.8) is 0 Å². The predicted octanol–water partition coefficient (Wildman–Crippen LogP) is -0.688. The molecular formula is C4H6N2O2. The fourth-order valence-electron chi connectivity index (χ4n) is 0.186. The van der Waals surface area contributed by atoms with Gasteiger partial charge in [-0.2, -0.15) is 5.26 Å². The number of nitrogens with two attached hydrogens (primary N) is 1. The van der Waals surface area contributed by atoms with Gasteiger partial charge in [0.05, 0.1) is 12.5 Å². The van der Waals surface area contributed by atoms with Crippen LogP contribution in [0.3, 0.4) is 0 Å². The maximum atomic E-state index is 9.81. The molecule has 3 N–H and O–H groups in total. The zero-order chi connectivity index (χ0) is 6.57. The Morgan fingerprint density at radius 2 is 2.50 bits per heavy atom. The van der Waals surface area contributed by atoms with Gasteiger partial charge in [-0.3, -0.25) is 4.79 Å². The molecule has 0 aliphatic carbocycles. The molecule has 0 spiro atoms. The standard InChI is InChI=1S/C4H6N2O2/c5-2-1-3(6)4(7)8/h3H,1,6H2,(H,7,8). The number of carbonyl (C=O) groups is 1. The van der Waals surface area contributed by atoms with E-state index < -0.39 is 12.0 Å². The molecule has 1 atom stereocenters. The van der Waals surface area contributed by atoms with Gasteiger partial charge in [-0.1, -0.05) is 0 Å². The van der Waals surface area contributed by atoms with E-state index in [1.54, 1.807) is 6.07 Å². The van der Waals surface area contributed by atoms with E-state index in [-0.39, 0.29) is 6.42 Å². The molecule has 0 aliphatic heterocycles. The van der Waals surface area contributed by atoms with Crippen LogP contribution in [0, 0.1) is 11.3 Å². The molecule has 4 nitrogen and oxygen atoms in total. The van der Waals surface area contributed by atoms with Gasteiger partial charge in [0.1, 0.15) is 6.04 Å². The average molecular weight is 114 g/mol.